The zero-order chi connectivity index (χ0) is 38.4. The first-order valence-electron chi connectivity index (χ1n) is 16.9. The summed E-state index contributed by atoms with van der Waals surface area (Å²) in [5.74, 6) is -0.528. The fraction of sp³-hybridized carbons (Fsp3) is 0.514. The van der Waals surface area contributed by atoms with E-state index in [2.05, 4.69) is 15.8 Å². The molecule has 0 fully saturated rings. The van der Waals surface area contributed by atoms with Crippen molar-refractivity contribution in [3.63, 3.8) is 0 Å². The van der Waals surface area contributed by atoms with Gasteiger partial charge in [0.15, 0.2) is 5.76 Å². The van der Waals surface area contributed by atoms with E-state index in [1.165, 1.54) is 35.3 Å². The fourth-order valence-corrected chi connectivity index (χ4v) is 7.32. The highest BCUT2D eigenvalue weighted by atomic mass is 32.2. The molecular weight excluding hydrogens is 707 g/mol. The molecule has 1 aliphatic rings. The van der Waals surface area contributed by atoms with Gasteiger partial charge in [-0.2, -0.15) is 17.5 Å². The maximum Gasteiger partial charge on any atom is 0.416 e. The number of aryl methyl sites for hydroxylation is 2. The summed E-state index contributed by atoms with van der Waals surface area (Å²) in [7, 11) is -2.56. The lowest BCUT2D eigenvalue weighted by Crippen LogP contribution is -2.48. The monoisotopic (exact) mass is 753 g/mol. The van der Waals surface area contributed by atoms with Crippen LogP contribution in [0, 0.1) is 19.8 Å². The van der Waals surface area contributed by atoms with Crippen LogP contribution in [0.2, 0.25) is 0 Å². The number of alkyl halides is 3. The van der Waals surface area contributed by atoms with Gasteiger partial charge in [-0.15, -0.1) is 0 Å². The van der Waals surface area contributed by atoms with Gasteiger partial charge in [-0.1, -0.05) is 12.1 Å². The van der Waals surface area contributed by atoms with Crippen LogP contribution in [0.25, 0.3) is 0 Å². The number of hydrogen-bond donors (Lipinski definition) is 3. The number of hydrogen-bond acceptors (Lipinski definition) is 9. The number of carbonyl (C=O) groups excluding carboxylic acids is 2. The Morgan fingerprint density at radius 1 is 1.10 bits per heavy atom. The molecule has 0 bridgehead atoms. The Labute approximate surface area is 301 Å². The van der Waals surface area contributed by atoms with E-state index in [1.54, 1.807) is 19.9 Å². The van der Waals surface area contributed by atoms with Gasteiger partial charge in [0.25, 0.3) is 5.91 Å². The number of amides is 3. The number of aromatic nitrogens is 1. The Balaban J connectivity index is 1.61. The predicted octanol–water partition coefficient (Wildman–Crippen LogP) is 6.07. The number of fused-ring (bicyclic) bond motifs is 1. The molecule has 4 atom stereocenters. The van der Waals surface area contributed by atoms with Crippen molar-refractivity contribution in [1.29, 1.82) is 0 Å². The Morgan fingerprint density at radius 3 is 2.37 bits per heavy atom. The normalized spacial score (nSPS) is 20.1. The number of rotatable bonds is 8. The highest BCUT2D eigenvalue weighted by Crippen LogP contribution is 2.31. The Hall–Kier alpha value is -4.19. The highest BCUT2D eigenvalue weighted by molar-refractivity contribution is 7.89. The predicted molar refractivity (Wildman–Crippen MR) is 187 cm³/mol. The Bertz CT molecular complexity index is 1780. The van der Waals surface area contributed by atoms with Gasteiger partial charge in [-0.05, 0) is 89.4 Å². The van der Waals surface area contributed by atoms with Crippen LogP contribution < -0.4 is 15.4 Å². The zero-order valence-corrected chi connectivity index (χ0v) is 30.8. The number of benzene rings is 2. The largest absolute Gasteiger partial charge is 0.490 e. The lowest BCUT2D eigenvalue weighted by molar-refractivity contribution is -0.137. The number of anilines is 2. The van der Waals surface area contributed by atoms with Gasteiger partial charge in [0, 0.05) is 44.0 Å². The number of halogens is 3. The smallest absolute Gasteiger partial charge is 0.416 e. The third-order valence-electron chi connectivity index (χ3n) is 8.85. The van der Waals surface area contributed by atoms with E-state index in [4.69, 9.17) is 14.0 Å². The highest BCUT2D eigenvalue weighted by Gasteiger charge is 2.35. The maximum absolute atomic E-state index is 14.4. The van der Waals surface area contributed by atoms with Gasteiger partial charge < -0.3 is 34.6 Å². The summed E-state index contributed by atoms with van der Waals surface area (Å²) in [6.07, 6.45) is -3.50. The summed E-state index contributed by atoms with van der Waals surface area (Å²) < 4.78 is 84.8. The summed E-state index contributed by atoms with van der Waals surface area (Å²) in [5, 5.41) is 19.1. The van der Waals surface area contributed by atoms with Crippen molar-refractivity contribution in [1.82, 2.24) is 14.4 Å². The third-order valence-corrected chi connectivity index (χ3v) is 10.9. The molecule has 17 heteroatoms. The van der Waals surface area contributed by atoms with Crippen LogP contribution >= 0.6 is 0 Å². The van der Waals surface area contributed by atoms with Crippen molar-refractivity contribution in [3.8, 4) is 5.75 Å². The van der Waals surface area contributed by atoms with Crippen molar-refractivity contribution in [3.05, 3.63) is 65.0 Å². The average Bonchev–Trinajstić information content (AvgIpc) is 3.43. The molecule has 286 valence electrons. The summed E-state index contributed by atoms with van der Waals surface area (Å²) >= 11 is 0. The molecule has 1 aliphatic heterocycles. The third kappa shape index (κ3) is 10.0. The minimum atomic E-state index is -4.52. The first-order valence-corrected chi connectivity index (χ1v) is 18.3. The number of nitrogens with zero attached hydrogens (tertiary/aromatic N) is 3. The van der Waals surface area contributed by atoms with E-state index in [0.29, 0.717) is 19.4 Å². The SMILES string of the molecule is Cc1noc(C)c1S(=O)(=O)N(C)C[C@@H]1OCCCC[C@@H](C)Oc2ccc(NC(=O)Nc3ccc(C(F)(F)F)cc3)cc2C(=O)N([C@H](C)CO)C[C@@H]1C. The summed E-state index contributed by atoms with van der Waals surface area (Å²) in [5.41, 5.74) is -0.208. The molecule has 3 aromatic rings. The number of carbonyl (C=O) groups is 2. The molecular formula is C35H46F3N5O8S. The molecule has 0 aliphatic carbocycles. The molecule has 2 aromatic carbocycles. The molecule has 52 heavy (non-hydrogen) atoms. The van der Waals surface area contributed by atoms with Crippen LogP contribution in [0.4, 0.5) is 29.3 Å². The van der Waals surface area contributed by atoms with Crippen LogP contribution in [0.1, 0.15) is 67.4 Å². The molecule has 0 unspecified atom stereocenters. The van der Waals surface area contributed by atoms with E-state index in [-0.39, 0.29) is 64.8 Å². The second-order valence-electron chi connectivity index (χ2n) is 13.1. The molecule has 3 amide bonds. The van der Waals surface area contributed by atoms with E-state index in [1.807, 2.05) is 13.8 Å². The summed E-state index contributed by atoms with van der Waals surface area (Å²) in [4.78, 5) is 28.6. The first-order chi connectivity index (χ1) is 24.4. The van der Waals surface area contributed by atoms with Gasteiger partial charge in [0.1, 0.15) is 16.3 Å². The van der Waals surface area contributed by atoms with Crippen molar-refractivity contribution in [2.24, 2.45) is 5.92 Å². The number of aliphatic hydroxyl groups is 1. The first kappa shape index (κ1) is 40.6. The summed E-state index contributed by atoms with van der Waals surface area (Å²) in [6.45, 7) is 8.41. The zero-order valence-electron chi connectivity index (χ0n) is 30.0. The van der Waals surface area contributed by atoms with Crippen LogP contribution in [-0.4, -0.2) is 91.4 Å². The number of nitrogens with one attached hydrogen (secondary N) is 2. The molecule has 3 N–H and O–H groups in total. The van der Waals surface area contributed by atoms with E-state index < -0.39 is 51.8 Å². The second-order valence-corrected chi connectivity index (χ2v) is 15.1. The van der Waals surface area contributed by atoms with Gasteiger partial charge in [-0.3, -0.25) is 4.79 Å². The Kier molecular flexibility index (Phi) is 13.3. The van der Waals surface area contributed by atoms with Crippen molar-refractivity contribution in [2.75, 3.05) is 44.0 Å². The van der Waals surface area contributed by atoms with Crippen LogP contribution in [0.15, 0.2) is 51.9 Å². The minimum Gasteiger partial charge on any atom is -0.490 e. The van der Waals surface area contributed by atoms with Crippen LogP contribution in [0.3, 0.4) is 0 Å². The number of likely N-dealkylation sites (N-methyl/N-ethyl adjacent to an activating group) is 1. The standard InChI is InChI=1S/C35H46F3N5O8S/c1-21-18-43(22(2)20-44)33(45)29-17-28(40-34(46)39-27-12-10-26(11-13-27)35(36,37)38)14-15-30(29)50-23(3)9-7-8-16-49-31(21)19-42(6)52(47,48)32-24(4)41-51-25(32)5/h10-15,17,21-23,31,44H,7-9,16,18-20H2,1-6H3,(H2,39,40,46)/t21-,22+,23+,31-/m0/s1. The topological polar surface area (TPSA) is 164 Å². The number of aliphatic hydroxyl groups excluding tert-OH is 1. The second kappa shape index (κ2) is 17.1. The lowest BCUT2D eigenvalue weighted by atomic mass is 10.0. The number of urea groups is 1. The maximum atomic E-state index is 14.4. The minimum absolute atomic E-state index is 0.0164. The van der Waals surface area contributed by atoms with Crippen molar-refractivity contribution in [2.45, 2.75) is 83.2 Å². The Morgan fingerprint density at radius 2 is 1.75 bits per heavy atom. The van der Waals surface area contributed by atoms with Crippen LogP contribution in [0.5, 0.6) is 5.75 Å². The quantitative estimate of drug-likeness (QED) is 0.248. The van der Waals surface area contributed by atoms with E-state index >= 15 is 0 Å². The van der Waals surface area contributed by atoms with E-state index in [9.17, 15) is 36.3 Å². The van der Waals surface area contributed by atoms with Crippen molar-refractivity contribution >= 4 is 33.3 Å². The van der Waals surface area contributed by atoms with Gasteiger partial charge >= 0.3 is 12.2 Å². The summed E-state index contributed by atoms with van der Waals surface area (Å²) in [6, 6.07) is 7.03. The molecule has 0 saturated carbocycles. The van der Waals surface area contributed by atoms with E-state index in [0.717, 1.165) is 30.7 Å². The number of sulfonamides is 1. The van der Waals surface area contributed by atoms with Gasteiger partial charge in [0.2, 0.25) is 10.0 Å². The molecule has 1 aromatic heterocycles. The van der Waals surface area contributed by atoms with Gasteiger partial charge in [-0.25, -0.2) is 13.2 Å². The molecule has 0 radical (unpaired) electrons. The molecule has 0 saturated heterocycles. The average molecular weight is 754 g/mol. The molecule has 2 heterocycles. The lowest BCUT2D eigenvalue weighted by Gasteiger charge is -2.35. The molecule has 13 nitrogen and oxygen atoms in total. The fourth-order valence-electron chi connectivity index (χ4n) is 5.85. The van der Waals surface area contributed by atoms with Crippen LogP contribution in [-0.2, 0) is 20.9 Å². The molecule has 0 spiro atoms. The number of ether oxygens (including phenoxy) is 2. The molecule has 4 rings (SSSR count). The van der Waals surface area contributed by atoms with Crippen molar-refractivity contribution < 1.29 is 50.3 Å². The van der Waals surface area contributed by atoms with Gasteiger partial charge in [0.05, 0.1) is 36.0 Å².